The SMILES string of the molecule is CNC(=O)Cc1c(C)nc([C@H]2CCCN(C(=O)COc3ccccc3)C2)nc1C. The fourth-order valence-electron chi connectivity index (χ4n) is 3.62. The largest absolute Gasteiger partial charge is 0.484 e. The van der Waals surface area contributed by atoms with Gasteiger partial charge in [-0.25, -0.2) is 9.97 Å². The van der Waals surface area contributed by atoms with Crippen molar-refractivity contribution in [1.29, 1.82) is 0 Å². The number of nitrogens with zero attached hydrogens (tertiary/aromatic N) is 3. The second kappa shape index (κ2) is 9.49. The van der Waals surface area contributed by atoms with Gasteiger partial charge in [0.05, 0.1) is 6.42 Å². The molecule has 7 heteroatoms. The molecule has 1 saturated heterocycles. The molecule has 2 heterocycles. The molecule has 1 aromatic carbocycles. The highest BCUT2D eigenvalue weighted by atomic mass is 16.5. The molecule has 0 unspecified atom stereocenters. The van der Waals surface area contributed by atoms with Crippen molar-refractivity contribution in [1.82, 2.24) is 20.2 Å². The first-order chi connectivity index (χ1) is 14.0. The molecule has 1 aliphatic rings. The zero-order valence-electron chi connectivity index (χ0n) is 17.3. The highest BCUT2D eigenvalue weighted by Gasteiger charge is 2.27. The Balaban J connectivity index is 1.65. The molecule has 1 aliphatic heterocycles. The molecule has 0 saturated carbocycles. The van der Waals surface area contributed by atoms with E-state index in [0.717, 1.165) is 42.2 Å². The smallest absolute Gasteiger partial charge is 0.260 e. The van der Waals surface area contributed by atoms with E-state index in [2.05, 4.69) is 15.3 Å². The van der Waals surface area contributed by atoms with E-state index in [-0.39, 0.29) is 30.8 Å². The Morgan fingerprint density at radius 3 is 2.52 bits per heavy atom. The fraction of sp³-hybridized carbons (Fsp3) is 0.455. The maximum absolute atomic E-state index is 12.6. The highest BCUT2D eigenvalue weighted by Crippen LogP contribution is 2.26. The summed E-state index contributed by atoms with van der Waals surface area (Å²) in [6.07, 6.45) is 2.13. The Hall–Kier alpha value is -2.96. The molecule has 154 valence electrons. The maximum atomic E-state index is 12.6. The molecule has 7 nitrogen and oxygen atoms in total. The average molecular weight is 396 g/mol. The molecule has 2 amide bonds. The number of piperidine rings is 1. The van der Waals surface area contributed by atoms with Crippen LogP contribution in [0.1, 0.15) is 41.5 Å². The van der Waals surface area contributed by atoms with Crippen LogP contribution in [0.4, 0.5) is 0 Å². The predicted octanol–water partition coefficient (Wildman–Crippen LogP) is 2.17. The molecule has 29 heavy (non-hydrogen) atoms. The van der Waals surface area contributed by atoms with Crippen molar-refractivity contribution in [3.05, 3.63) is 53.1 Å². The Morgan fingerprint density at radius 1 is 1.17 bits per heavy atom. The van der Waals surface area contributed by atoms with Gasteiger partial charge in [0.2, 0.25) is 5.91 Å². The summed E-state index contributed by atoms with van der Waals surface area (Å²) in [6, 6.07) is 9.35. The van der Waals surface area contributed by atoms with Crippen LogP contribution in [-0.2, 0) is 16.0 Å². The fourth-order valence-corrected chi connectivity index (χ4v) is 3.62. The summed E-state index contributed by atoms with van der Waals surface area (Å²) in [7, 11) is 1.62. The van der Waals surface area contributed by atoms with Crippen LogP contribution in [-0.4, -0.2) is 53.4 Å². The van der Waals surface area contributed by atoms with Crippen molar-refractivity contribution in [2.45, 2.75) is 39.0 Å². The summed E-state index contributed by atoms with van der Waals surface area (Å²) in [5, 5.41) is 2.64. The Bertz CT molecular complexity index is 847. The van der Waals surface area contributed by atoms with Crippen LogP contribution < -0.4 is 10.1 Å². The third-order valence-electron chi connectivity index (χ3n) is 5.30. The van der Waals surface area contributed by atoms with Crippen LogP contribution >= 0.6 is 0 Å². The molecule has 1 aromatic heterocycles. The number of ether oxygens (including phenoxy) is 1. The van der Waals surface area contributed by atoms with E-state index in [1.807, 2.05) is 49.1 Å². The first-order valence-electron chi connectivity index (χ1n) is 9.98. The number of benzene rings is 1. The van der Waals surface area contributed by atoms with Crippen LogP contribution in [0.25, 0.3) is 0 Å². The molecular formula is C22H28N4O3. The van der Waals surface area contributed by atoms with Gasteiger partial charge in [-0.3, -0.25) is 9.59 Å². The topological polar surface area (TPSA) is 84.4 Å². The van der Waals surface area contributed by atoms with Gasteiger partial charge in [0.1, 0.15) is 11.6 Å². The monoisotopic (exact) mass is 396 g/mol. The van der Waals surface area contributed by atoms with Gasteiger partial charge < -0.3 is 15.0 Å². The maximum Gasteiger partial charge on any atom is 0.260 e. The number of aromatic nitrogens is 2. The van der Waals surface area contributed by atoms with Crippen LogP contribution in [0.5, 0.6) is 5.75 Å². The first kappa shape index (κ1) is 20.8. The number of rotatable bonds is 6. The second-order valence-electron chi connectivity index (χ2n) is 7.36. The van der Waals surface area contributed by atoms with Gasteiger partial charge in [-0.2, -0.15) is 0 Å². The second-order valence-corrected chi connectivity index (χ2v) is 7.36. The minimum absolute atomic E-state index is 0.0248. The lowest BCUT2D eigenvalue weighted by Gasteiger charge is -2.32. The predicted molar refractivity (Wildman–Crippen MR) is 110 cm³/mol. The van der Waals surface area contributed by atoms with Gasteiger partial charge in [0.25, 0.3) is 5.91 Å². The third-order valence-corrected chi connectivity index (χ3v) is 5.30. The molecule has 1 N–H and O–H groups in total. The number of likely N-dealkylation sites (tertiary alicyclic amines) is 1. The summed E-state index contributed by atoms with van der Waals surface area (Å²) >= 11 is 0. The minimum Gasteiger partial charge on any atom is -0.484 e. The number of carbonyl (C=O) groups is 2. The number of aryl methyl sites for hydroxylation is 2. The van der Waals surface area contributed by atoms with Crippen molar-refractivity contribution in [3.63, 3.8) is 0 Å². The molecule has 0 bridgehead atoms. The lowest BCUT2D eigenvalue weighted by molar-refractivity contribution is -0.134. The Labute approximate surface area is 171 Å². The summed E-state index contributed by atoms with van der Waals surface area (Å²) in [4.78, 5) is 35.5. The van der Waals surface area contributed by atoms with Gasteiger partial charge in [-0.05, 0) is 38.8 Å². The minimum atomic E-state index is -0.0552. The molecular weight excluding hydrogens is 368 g/mol. The van der Waals surface area contributed by atoms with E-state index in [9.17, 15) is 9.59 Å². The lowest BCUT2D eigenvalue weighted by atomic mass is 9.96. The molecule has 0 aliphatic carbocycles. The van der Waals surface area contributed by atoms with Gasteiger partial charge >= 0.3 is 0 Å². The van der Waals surface area contributed by atoms with Crippen molar-refractivity contribution in [2.24, 2.45) is 0 Å². The standard InChI is InChI=1S/C22H28N4O3/c1-15-19(12-20(27)23-3)16(2)25-22(24-15)17-8-7-11-26(13-17)21(28)14-29-18-9-5-4-6-10-18/h4-6,9-10,17H,7-8,11-14H2,1-3H3,(H,23,27)/t17-/m0/s1. The molecule has 1 fully saturated rings. The highest BCUT2D eigenvalue weighted by molar-refractivity contribution is 5.79. The van der Waals surface area contributed by atoms with E-state index < -0.39 is 0 Å². The van der Waals surface area contributed by atoms with Crippen LogP contribution in [0, 0.1) is 13.8 Å². The van der Waals surface area contributed by atoms with Crippen molar-refractivity contribution >= 4 is 11.8 Å². The van der Waals surface area contributed by atoms with Crippen LogP contribution in [0.3, 0.4) is 0 Å². The number of para-hydroxylation sites is 1. The van der Waals surface area contributed by atoms with E-state index >= 15 is 0 Å². The average Bonchev–Trinajstić information content (AvgIpc) is 2.75. The quantitative estimate of drug-likeness (QED) is 0.809. The number of amides is 2. The zero-order valence-corrected chi connectivity index (χ0v) is 17.3. The van der Waals surface area contributed by atoms with E-state index in [0.29, 0.717) is 12.3 Å². The van der Waals surface area contributed by atoms with Crippen molar-refractivity contribution in [2.75, 3.05) is 26.7 Å². The molecule has 0 spiro atoms. The summed E-state index contributed by atoms with van der Waals surface area (Å²) in [5.41, 5.74) is 2.52. The number of hydrogen-bond donors (Lipinski definition) is 1. The third kappa shape index (κ3) is 5.31. The molecule has 1 atom stereocenters. The normalized spacial score (nSPS) is 16.4. The summed E-state index contributed by atoms with van der Waals surface area (Å²) in [5.74, 6) is 1.46. The van der Waals surface area contributed by atoms with Gasteiger partial charge in [0, 0.05) is 43.0 Å². The number of hydrogen-bond acceptors (Lipinski definition) is 5. The van der Waals surface area contributed by atoms with Gasteiger partial charge in [-0.1, -0.05) is 18.2 Å². The number of carbonyl (C=O) groups excluding carboxylic acids is 2. The number of likely N-dealkylation sites (N-methyl/N-ethyl adjacent to an activating group) is 1. The number of nitrogens with one attached hydrogen (secondary N) is 1. The lowest BCUT2D eigenvalue weighted by Crippen LogP contribution is -2.42. The van der Waals surface area contributed by atoms with E-state index in [1.54, 1.807) is 7.05 Å². The first-order valence-corrected chi connectivity index (χ1v) is 9.98. The van der Waals surface area contributed by atoms with E-state index in [1.165, 1.54) is 0 Å². The molecule has 0 radical (unpaired) electrons. The Kier molecular flexibility index (Phi) is 6.80. The van der Waals surface area contributed by atoms with Crippen molar-refractivity contribution < 1.29 is 14.3 Å². The summed E-state index contributed by atoms with van der Waals surface area (Å²) in [6.45, 7) is 5.16. The van der Waals surface area contributed by atoms with Gasteiger partial charge in [-0.15, -0.1) is 0 Å². The molecule has 3 rings (SSSR count). The summed E-state index contributed by atoms with van der Waals surface area (Å²) < 4.78 is 5.60. The zero-order chi connectivity index (χ0) is 20.8. The molecule has 2 aromatic rings. The van der Waals surface area contributed by atoms with E-state index in [4.69, 9.17) is 4.74 Å². The van der Waals surface area contributed by atoms with Crippen LogP contribution in [0.2, 0.25) is 0 Å². The Morgan fingerprint density at radius 2 is 1.86 bits per heavy atom. The van der Waals surface area contributed by atoms with Crippen LogP contribution in [0.15, 0.2) is 30.3 Å². The van der Waals surface area contributed by atoms with Gasteiger partial charge in [0.15, 0.2) is 6.61 Å². The van der Waals surface area contributed by atoms with Crippen molar-refractivity contribution in [3.8, 4) is 5.75 Å².